The molecule has 0 aliphatic carbocycles. The molecule has 58 heavy (non-hydrogen) atoms. The lowest BCUT2D eigenvalue weighted by Gasteiger charge is -2.20. The summed E-state index contributed by atoms with van der Waals surface area (Å²) < 4.78 is 15.1. The van der Waals surface area contributed by atoms with Gasteiger partial charge in [-0.15, -0.1) is 0 Å². The third-order valence-corrected chi connectivity index (χ3v) is 13.8. The average molecular weight is 761 g/mol. The third kappa shape index (κ3) is 5.96. The predicted molar refractivity (Wildman–Crippen MR) is 240 cm³/mol. The van der Waals surface area contributed by atoms with E-state index in [0.29, 0.717) is 16.7 Å². The summed E-state index contributed by atoms with van der Waals surface area (Å²) in [4.78, 5) is 20.1. The Morgan fingerprint density at radius 1 is 0.397 bits per heavy atom. The molecule has 2 aromatic heterocycles. The predicted octanol–water partition coefficient (Wildman–Crippen LogP) is 12.2. The molecular weight excluding hydrogens is 728 g/mol. The van der Waals surface area contributed by atoms with Crippen molar-refractivity contribution in [3.63, 3.8) is 0 Å². The molecule has 0 amide bonds. The van der Waals surface area contributed by atoms with Crippen LogP contribution in [-0.2, 0) is 4.57 Å². The highest BCUT2D eigenvalue weighted by molar-refractivity contribution is 7.85. The van der Waals surface area contributed by atoms with E-state index in [1.54, 1.807) is 0 Å². The first-order chi connectivity index (χ1) is 28.6. The second-order valence-electron chi connectivity index (χ2n) is 14.2. The number of benzene rings is 8. The molecule has 0 spiro atoms. The summed E-state index contributed by atoms with van der Waals surface area (Å²) >= 11 is 0. The molecule has 0 bridgehead atoms. The number of rotatable bonds is 7. The Hall–Kier alpha value is -7.51. The molecule has 0 atom stereocenters. The number of pyridine rings is 1. The second kappa shape index (κ2) is 14.5. The number of para-hydroxylation sites is 1. The zero-order chi connectivity index (χ0) is 39.1. The van der Waals surface area contributed by atoms with Crippen LogP contribution in [0.15, 0.2) is 200 Å². The van der Waals surface area contributed by atoms with Gasteiger partial charge in [0.05, 0.1) is 40.2 Å². The maximum Gasteiger partial charge on any atom is 0.197 e. The van der Waals surface area contributed by atoms with Gasteiger partial charge in [-0.2, -0.15) is 0 Å². The van der Waals surface area contributed by atoms with Gasteiger partial charge >= 0.3 is 0 Å². The molecule has 8 aromatic carbocycles. The van der Waals surface area contributed by atoms with Crippen LogP contribution < -0.4 is 15.9 Å². The lowest BCUT2D eigenvalue weighted by atomic mass is 9.95. The molecule has 6 heteroatoms. The van der Waals surface area contributed by atoms with Crippen LogP contribution in [0.25, 0.3) is 82.5 Å². The van der Waals surface area contributed by atoms with Crippen LogP contribution >= 0.6 is 7.14 Å². The van der Waals surface area contributed by atoms with Crippen molar-refractivity contribution in [3.8, 4) is 44.9 Å². The molecule has 0 aliphatic heterocycles. The summed E-state index contributed by atoms with van der Waals surface area (Å²) in [6, 6.07) is 65.9. The average Bonchev–Trinajstić information content (AvgIpc) is 3.31. The summed E-state index contributed by atoms with van der Waals surface area (Å²) in [6.45, 7) is 8.40. The Morgan fingerprint density at radius 2 is 0.897 bits per heavy atom. The van der Waals surface area contributed by atoms with Crippen molar-refractivity contribution in [1.82, 2.24) is 15.0 Å². The van der Waals surface area contributed by atoms with E-state index in [1.807, 2.05) is 170 Å². The first-order valence-corrected chi connectivity index (χ1v) is 20.8. The van der Waals surface area contributed by atoms with Crippen molar-refractivity contribution in [1.29, 1.82) is 0 Å². The van der Waals surface area contributed by atoms with Gasteiger partial charge in [0.2, 0.25) is 0 Å². The zero-order valence-electron chi connectivity index (χ0n) is 31.2. The van der Waals surface area contributed by atoms with E-state index in [1.165, 1.54) is 0 Å². The monoisotopic (exact) mass is 760 g/mol. The summed E-state index contributed by atoms with van der Waals surface area (Å²) in [7, 11) is -3.12. The van der Waals surface area contributed by atoms with E-state index in [9.17, 15) is 0 Å². The second-order valence-corrected chi connectivity index (χ2v) is 16.9. The highest BCUT2D eigenvalue weighted by atomic mass is 31.2. The molecule has 2 heterocycles. The van der Waals surface area contributed by atoms with Crippen LogP contribution in [0, 0.1) is 6.57 Å². The van der Waals surface area contributed by atoms with Crippen molar-refractivity contribution in [2.75, 3.05) is 0 Å². The van der Waals surface area contributed by atoms with Crippen LogP contribution in [0.3, 0.4) is 0 Å². The van der Waals surface area contributed by atoms with E-state index in [-0.39, 0.29) is 0 Å². The molecule has 0 aliphatic rings. The largest absolute Gasteiger partial charge is 0.309 e. The van der Waals surface area contributed by atoms with Crippen molar-refractivity contribution in [2.24, 2.45) is 0 Å². The van der Waals surface area contributed by atoms with Gasteiger partial charge in [0.15, 0.2) is 12.8 Å². The molecule has 0 unspecified atom stereocenters. The Kier molecular flexibility index (Phi) is 8.75. The first kappa shape index (κ1) is 34.9. The fourth-order valence-electron chi connectivity index (χ4n) is 7.97. The molecule has 10 aromatic rings. The maximum atomic E-state index is 15.1. The Labute approximate surface area is 336 Å². The minimum Gasteiger partial charge on any atom is -0.309 e. The molecule has 272 valence electrons. The van der Waals surface area contributed by atoms with Gasteiger partial charge in [-0.1, -0.05) is 182 Å². The fraction of sp³-hybridized carbons (Fsp3) is 0. The minimum absolute atomic E-state index is 0.496. The van der Waals surface area contributed by atoms with Gasteiger partial charge in [-0.05, 0) is 34.7 Å². The van der Waals surface area contributed by atoms with Crippen LogP contribution in [0.2, 0.25) is 0 Å². The van der Waals surface area contributed by atoms with E-state index in [4.69, 9.17) is 21.5 Å². The van der Waals surface area contributed by atoms with Gasteiger partial charge in [-0.3, -0.25) is 0 Å². The highest BCUT2D eigenvalue weighted by Crippen LogP contribution is 2.45. The molecule has 10 rings (SSSR count). The minimum atomic E-state index is -3.12. The molecule has 0 radical (unpaired) electrons. The number of hydrogen-bond acceptors (Lipinski definition) is 4. The summed E-state index contributed by atoms with van der Waals surface area (Å²) in [5, 5.41) is 4.84. The topological polar surface area (TPSA) is 60.1 Å². The fourth-order valence-corrected chi connectivity index (χ4v) is 10.6. The summed E-state index contributed by atoms with van der Waals surface area (Å²) in [5.41, 5.74) is 9.56. The van der Waals surface area contributed by atoms with Gasteiger partial charge in [0.1, 0.15) is 0 Å². The molecule has 5 nitrogen and oxygen atoms in total. The normalized spacial score (nSPS) is 11.5. The lowest BCUT2D eigenvalue weighted by molar-refractivity contribution is 0.592. The Bertz CT molecular complexity index is 3200. The van der Waals surface area contributed by atoms with Crippen LogP contribution in [0.1, 0.15) is 0 Å². The number of nitrogens with zero attached hydrogens (tertiary/aromatic N) is 4. The molecule has 0 N–H and O–H groups in total. The quantitative estimate of drug-likeness (QED) is 0.0922. The van der Waals surface area contributed by atoms with Crippen molar-refractivity contribution in [2.45, 2.75) is 0 Å². The molecule has 0 saturated carbocycles. The van der Waals surface area contributed by atoms with Crippen LogP contribution in [0.5, 0.6) is 0 Å². The van der Waals surface area contributed by atoms with Crippen molar-refractivity contribution >= 4 is 61.5 Å². The lowest BCUT2D eigenvalue weighted by Crippen LogP contribution is -2.24. The van der Waals surface area contributed by atoms with Gasteiger partial charge in [0, 0.05) is 43.4 Å². The molecular formula is C52H33N4OP. The Balaban J connectivity index is 1.18. The number of aromatic nitrogens is 3. The SMILES string of the molecule is [C-]#[N+]c1cc2nc(-c3ccccc3)c(-c3ccccc3)nc2c2c(-c3cccc(-c4ccc(P(=O)(c5ccccc5)c5ccccc5)cc4)c3)nc3ccccc3c12. The Morgan fingerprint density at radius 3 is 1.52 bits per heavy atom. The molecule has 0 fully saturated rings. The summed E-state index contributed by atoms with van der Waals surface area (Å²) in [5.74, 6) is 0. The number of fused-ring (bicyclic) bond motifs is 5. The van der Waals surface area contributed by atoms with Gasteiger partial charge in [-0.25, -0.2) is 19.8 Å². The number of hydrogen-bond donors (Lipinski definition) is 0. The highest BCUT2D eigenvalue weighted by Gasteiger charge is 2.29. The van der Waals surface area contributed by atoms with E-state index < -0.39 is 7.14 Å². The summed E-state index contributed by atoms with van der Waals surface area (Å²) in [6.07, 6.45) is 0. The van der Waals surface area contributed by atoms with Gasteiger partial charge < -0.3 is 4.57 Å². The van der Waals surface area contributed by atoms with Gasteiger partial charge in [0.25, 0.3) is 0 Å². The van der Waals surface area contributed by atoms with E-state index in [2.05, 4.69) is 35.2 Å². The van der Waals surface area contributed by atoms with E-state index >= 15 is 4.57 Å². The standard InChI is InChI=1S/C52H33N4OP/c1-53-45-34-46-52(56-51(37-19-8-3-9-20-37)50(55-46)36-17-6-2-7-18-36)48-47(45)43-27-14-15-28-44(43)54-49(48)39-22-16-21-38(33-39)35-29-31-42(32-30-35)58(57,40-23-10-4-11-24-40)41-25-12-5-13-26-41/h2-34H. The smallest absolute Gasteiger partial charge is 0.197 e. The van der Waals surface area contributed by atoms with Crippen LogP contribution in [0.4, 0.5) is 5.69 Å². The van der Waals surface area contributed by atoms with E-state index in [0.717, 1.165) is 82.5 Å². The first-order valence-electron chi connectivity index (χ1n) is 19.1. The van der Waals surface area contributed by atoms with Crippen molar-refractivity contribution < 1.29 is 4.57 Å². The maximum absolute atomic E-state index is 15.1. The third-order valence-electron chi connectivity index (χ3n) is 10.7. The van der Waals surface area contributed by atoms with Crippen molar-refractivity contribution in [3.05, 3.63) is 212 Å². The zero-order valence-corrected chi connectivity index (χ0v) is 32.1. The van der Waals surface area contributed by atoms with Crippen LogP contribution in [-0.4, -0.2) is 15.0 Å². The molecule has 0 saturated heterocycles.